The number of nitrogens with one attached hydrogen (secondary N) is 1. The van der Waals surface area contributed by atoms with Crippen molar-refractivity contribution in [2.75, 3.05) is 17.1 Å². The van der Waals surface area contributed by atoms with Crippen molar-refractivity contribution in [2.24, 2.45) is 0 Å². The lowest BCUT2D eigenvalue weighted by Crippen LogP contribution is -2.53. The highest BCUT2D eigenvalue weighted by atomic mass is 32.2. The topological polar surface area (TPSA) is 86.8 Å². The number of rotatable bonds is 10. The molecule has 1 atom stereocenters. The molecule has 7 nitrogen and oxygen atoms in total. The third-order valence-corrected chi connectivity index (χ3v) is 7.62. The number of nitrogens with zero attached hydrogens (tertiary/aromatic N) is 2. The van der Waals surface area contributed by atoms with Crippen LogP contribution in [0.5, 0.6) is 0 Å². The Morgan fingerprint density at radius 2 is 1.71 bits per heavy atom. The third-order valence-electron chi connectivity index (χ3n) is 6.48. The Kier molecular flexibility index (Phi) is 8.88. The van der Waals surface area contributed by atoms with Crippen LogP contribution in [0.3, 0.4) is 0 Å². The molecule has 1 aliphatic rings. The van der Waals surface area contributed by atoms with E-state index < -0.39 is 34.3 Å². The summed E-state index contributed by atoms with van der Waals surface area (Å²) in [4.78, 5) is 28.4. The SMILES string of the molecule is CC[C@@H](C(=O)NC1CCCC1)N(Cc1ccccc1C)C(=O)CN(c1ccc(F)cc1)S(C)(=O)=O. The van der Waals surface area contributed by atoms with Gasteiger partial charge in [0.15, 0.2) is 0 Å². The number of benzene rings is 2. The quantitative estimate of drug-likeness (QED) is 0.535. The molecule has 0 bridgehead atoms. The highest BCUT2D eigenvalue weighted by Crippen LogP contribution is 2.22. The van der Waals surface area contributed by atoms with Gasteiger partial charge >= 0.3 is 0 Å². The van der Waals surface area contributed by atoms with Crippen LogP contribution in [-0.2, 0) is 26.2 Å². The standard InChI is InChI=1S/C26H34FN3O4S/c1-4-24(26(32)28-22-11-7-8-12-22)29(17-20-10-6-5-9-19(20)2)25(31)18-30(35(3,33)34)23-15-13-21(27)14-16-23/h5-6,9-10,13-16,22,24H,4,7-8,11-12,17-18H2,1-3H3,(H,28,32)/t24-/m0/s1. The van der Waals surface area contributed by atoms with Crippen LogP contribution in [0.4, 0.5) is 10.1 Å². The van der Waals surface area contributed by atoms with Gasteiger partial charge in [0.1, 0.15) is 18.4 Å². The largest absolute Gasteiger partial charge is 0.352 e. The molecule has 1 aliphatic carbocycles. The van der Waals surface area contributed by atoms with E-state index in [1.807, 2.05) is 38.1 Å². The summed E-state index contributed by atoms with van der Waals surface area (Å²) in [5.74, 6) is -1.24. The predicted octanol–water partition coefficient (Wildman–Crippen LogP) is 3.77. The lowest BCUT2D eigenvalue weighted by atomic mass is 10.1. The van der Waals surface area contributed by atoms with Gasteiger partial charge in [-0.1, -0.05) is 44.0 Å². The van der Waals surface area contributed by atoms with Crippen LogP contribution < -0.4 is 9.62 Å². The minimum Gasteiger partial charge on any atom is -0.352 e. The fraction of sp³-hybridized carbons (Fsp3) is 0.462. The van der Waals surface area contributed by atoms with E-state index in [0.29, 0.717) is 6.42 Å². The highest BCUT2D eigenvalue weighted by molar-refractivity contribution is 7.92. The van der Waals surface area contributed by atoms with E-state index >= 15 is 0 Å². The smallest absolute Gasteiger partial charge is 0.244 e. The second-order valence-corrected chi connectivity index (χ2v) is 11.0. The molecule has 0 radical (unpaired) electrons. The third kappa shape index (κ3) is 7.04. The molecule has 2 amide bonds. The number of halogens is 1. The van der Waals surface area contributed by atoms with Crippen molar-refractivity contribution in [2.45, 2.75) is 64.6 Å². The summed E-state index contributed by atoms with van der Waals surface area (Å²) in [6.45, 7) is 3.44. The molecule has 0 heterocycles. The van der Waals surface area contributed by atoms with Gasteiger partial charge in [0.05, 0.1) is 11.9 Å². The monoisotopic (exact) mass is 503 g/mol. The second-order valence-electron chi connectivity index (χ2n) is 9.11. The molecule has 0 unspecified atom stereocenters. The molecular weight excluding hydrogens is 469 g/mol. The zero-order valence-corrected chi connectivity index (χ0v) is 21.4. The van der Waals surface area contributed by atoms with Gasteiger partial charge in [-0.25, -0.2) is 12.8 Å². The van der Waals surface area contributed by atoms with Crippen LogP contribution >= 0.6 is 0 Å². The Labute approximate surface area is 207 Å². The first-order valence-electron chi connectivity index (χ1n) is 12.0. The van der Waals surface area contributed by atoms with Crippen molar-refractivity contribution in [3.05, 3.63) is 65.5 Å². The van der Waals surface area contributed by atoms with Crippen molar-refractivity contribution >= 4 is 27.5 Å². The van der Waals surface area contributed by atoms with Crippen LogP contribution in [0.25, 0.3) is 0 Å². The zero-order chi connectivity index (χ0) is 25.6. The molecule has 0 spiro atoms. The highest BCUT2D eigenvalue weighted by Gasteiger charge is 2.33. The molecule has 9 heteroatoms. The van der Waals surface area contributed by atoms with Gasteiger partial charge in [0.2, 0.25) is 21.8 Å². The Morgan fingerprint density at radius 3 is 2.29 bits per heavy atom. The Morgan fingerprint density at radius 1 is 1.09 bits per heavy atom. The van der Waals surface area contributed by atoms with Gasteiger partial charge in [0.25, 0.3) is 0 Å². The first-order chi connectivity index (χ1) is 16.6. The van der Waals surface area contributed by atoms with Crippen LogP contribution in [0, 0.1) is 12.7 Å². The number of hydrogen-bond donors (Lipinski definition) is 1. The number of aryl methyl sites for hydroxylation is 1. The fourth-order valence-electron chi connectivity index (χ4n) is 4.48. The number of carbonyl (C=O) groups excluding carboxylic acids is 2. The summed E-state index contributed by atoms with van der Waals surface area (Å²) in [6, 6.07) is 11.9. The number of amides is 2. The van der Waals surface area contributed by atoms with E-state index in [2.05, 4.69) is 5.32 Å². The minimum atomic E-state index is -3.85. The van der Waals surface area contributed by atoms with Crippen LogP contribution in [-0.4, -0.2) is 50.0 Å². The number of hydrogen-bond acceptors (Lipinski definition) is 4. The Hall–Kier alpha value is -2.94. The fourth-order valence-corrected chi connectivity index (χ4v) is 5.33. The summed E-state index contributed by atoms with van der Waals surface area (Å²) in [5, 5.41) is 3.08. The van der Waals surface area contributed by atoms with Gasteiger partial charge < -0.3 is 10.2 Å². The van der Waals surface area contributed by atoms with Gasteiger partial charge in [-0.3, -0.25) is 13.9 Å². The molecule has 1 saturated carbocycles. The molecular formula is C26H34FN3O4S. The van der Waals surface area contributed by atoms with E-state index in [-0.39, 0.29) is 24.2 Å². The summed E-state index contributed by atoms with van der Waals surface area (Å²) in [7, 11) is -3.85. The Balaban J connectivity index is 1.92. The average Bonchev–Trinajstić information content (AvgIpc) is 3.31. The molecule has 0 saturated heterocycles. The first-order valence-corrected chi connectivity index (χ1v) is 13.8. The maximum Gasteiger partial charge on any atom is 0.244 e. The average molecular weight is 504 g/mol. The van der Waals surface area contributed by atoms with Crippen LogP contribution in [0.2, 0.25) is 0 Å². The maximum absolute atomic E-state index is 13.7. The molecule has 0 aromatic heterocycles. The summed E-state index contributed by atoms with van der Waals surface area (Å²) in [6.07, 6.45) is 5.34. The van der Waals surface area contributed by atoms with Crippen LogP contribution in [0.1, 0.15) is 50.2 Å². The van der Waals surface area contributed by atoms with E-state index in [9.17, 15) is 22.4 Å². The summed E-state index contributed by atoms with van der Waals surface area (Å²) >= 11 is 0. The minimum absolute atomic E-state index is 0.0960. The molecule has 2 aromatic rings. The number of sulfonamides is 1. The van der Waals surface area contributed by atoms with Crippen molar-refractivity contribution in [3.63, 3.8) is 0 Å². The molecule has 3 rings (SSSR count). The van der Waals surface area contributed by atoms with Crippen LogP contribution in [0.15, 0.2) is 48.5 Å². The van der Waals surface area contributed by atoms with Gasteiger partial charge in [-0.2, -0.15) is 0 Å². The van der Waals surface area contributed by atoms with E-state index in [1.54, 1.807) is 0 Å². The van der Waals surface area contributed by atoms with E-state index in [1.165, 1.54) is 17.0 Å². The number of anilines is 1. The number of carbonyl (C=O) groups is 2. The molecule has 0 aliphatic heterocycles. The molecule has 1 fully saturated rings. The molecule has 1 N–H and O–H groups in total. The van der Waals surface area contributed by atoms with Crippen molar-refractivity contribution < 1.29 is 22.4 Å². The van der Waals surface area contributed by atoms with Gasteiger partial charge in [0, 0.05) is 12.6 Å². The van der Waals surface area contributed by atoms with E-state index in [4.69, 9.17) is 0 Å². The van der Waals surface area contributed by atoms with Crippen molar-refractivity contribution in [1.82, 2.24) is 10.2 Å². The normalized spacial score (nSPS) is 15.0. The van der Waals surface area contributed by atoms with Crippen molar-refractivity contribution in [3.8, 4) is 0 Å². The first kappa shape index (κ1) is 26.7. The van der Waals surface area contributed by atoms with Gasteiger partial charge in [-0.05, 0) is 61.6 Å². The maximum atomic E-state index is 13.7. The zero-order valence-electron chi connectivity index (χ0n) is 20.5. The second kappa shape index (κ2) is 11.7. The molecule has 2 aromatic carbocycles. The predicted molar refractivity (Wildman–Crippen MR) is 135 cm³/mol. The lowest BCUT2D eigenvalue weighted by molar-refractivity contribution is -0.140. The molecule has 35 heavy (non-hydrogen) atoms. The van der Waals surface area contributed by atoms with Crippen molar-refractivity contribution in [1.29, 1.82) is 0 Å². The molecule has 190 valence electrons. The Bertz CT molecular complexity index is 1130. The lowest BCUT2D eigenvalue weighted by Gasteiger charge is -2.33. The van der Waals surface area contributed by atoms with E-state index in [0.717, 1.165) is 59.5 Å². The summed E-state index contributed by atoms with van der Waals surface area (Å²) in [5.41, 5.74) is 2.03. The van der Waals surface area contributed by atoms with Gasteiger partial charge in [-0.15, -0.1) is 0 Å². The summed E-state index contributed by atoms with van der Waals surface area (Å²) < 4.78 is 39.5.